The number of piperidine rings is 1. The Hall–Kier alpha value is -2.90. The van der Waals surface area contributed by atoms with E-state index in [2.05, 4.69) is 33.9 Å². The third-order valence-electron chi connectivity index (χ3n) is 7.53. The number of H-pyrrole nitrogens is 1. The van der Waals surface area contributed by atoms with Crippen molar-refractivity contribution in [3.63, 3.8) is 0 Å². The van der Waals surface area contributed by atoms with E-state index in [0.29, 0.717) is 12.6 Å². The van der Waals surface area contributed by atoms with E-state index in [4.69, 9.17) is 9.47 Å². The molecule has 1 unspecified atom stereocenters. The SMILES string of the molecule is CCO[C@H]1C[C@H]2CCC(c3ccc(C(=O)O)cn3)(C1)N2Cc1c(OC)cc(C)c2[nH]ccc12. The van der Waals surface area contributed by atoms with Crippen LogP contribution in [-0.4, -0.2) is 51.8 Å². The molecule has 0 aliphatic carbocycles. The minimum absolute atomic E-state index is 0.173. The number of pyridine rings is 1. The van der Waals surface area contributed by atoms with E-state index in [1.807, 2.05) is 19.2 Å². The Labute approximate surface area is 193 Å². The van der Waals surface area contributed by atoms with Crippen LogP contribution in [0.15, 0.2) is 36.7 Å². The predicted molar refractivity (Wildman–Crippen MR) is 126 cm³/mol. The lowest BCUT2D eigenvalue weighted by molar-refractivity contribution is -0.0608. The zero-order valence-electron chi connectivity index (χ0n) is 19.4. The monoisotopic (exact) mass is 449 g/mol. The summed E-state index contributed by atoms with van der Waals surface area (Å²) in [6, 6.07) is 8.17. The van der Waals surface area contributed by atoms with Gasteiger partial charge in [-0.05, 0) is 69.4 Å². The fraction of sp³-hybridized carbons (Fsp3) is 0.462. The van der Waals surface area contributed by atoms with Crippen molar-refractivity contribution >= 4 is 16.9 Å². The summed E-state index contributed by atoms with van der Waals surface area (Å²) in [5.74, 6) is -0.0574. The first-order valence-electron chi connectivity index (χ1n) is 11.7. The zero-order chi connectivity index (χ0) is 23.2. The van der Waals surface area contributed by atoms with Crippen molar-refractivity contribution < 1.29 is 19.4 Å². The number of carboxylic acid groups (broad SMARTS) is 1. The standard InChI is InChI=1S/C26H31N3O4/c1-4-33-19-12-18-7-9-26(13-19,23-6-5-17(14-28-23)25(30)31)29(18)15-21-20-8-10-27-24(20)16(2)11-22(21)32-3/h5-6,8,10-11,14,18-19,27H,4,7,9,12-13,15H2,1-3H3,(H,30,31)/t18-,19+,26?/m1/s1. The van der Waals surface area contributed by atoms with Crippen molar-refractivity contribution in [2.45, 2.75) is 63.8 Å². The highest BCUT2D eigenvalue weighted by Crippen LogP contribution is 2.52. The zero-order valence-corrected chi connectivity index (χ0v) is 19.4. The number of methoxy groups -OCH3 is 1. The van der Waals surface area contributed by atoms with Crippen LogP contribution in [0.3, 0.4) is 0 Å². The van der Waals surface area contributed by atoms with Crippen molar-refractivity contribution in [3.8, 4) is 5.75 Å². The van der Waals surface area contributed by atoms with Gasteiger partial charge in [0.2, 0.25) is 0 Å². The second kappa shape index (κ2) is 8.47. The van der Waals surface area contributed by atoms with E-state index in [0.717, 1.165) is 54.8 Å². The maximum Gasteiger partial charge on any atom is 0.337 e. The van der Waals surface area contributed by atoms with Gasteiger partial charge in [-0.3, -0.25) is 9.88 Å². The average Bonchev–Trinajstić information content (AvgIpc) is 3.38. The summed E-state index contributed by atoms with van der Waals surface area (Å²) in [6.45, 7) is 5.57. The number of benzene rings is 1. The number of aromatic nitrogens is 2. The van der Waals surface area contributed by atoms with Crippen molar-refractivity contribution in [1.82, 2.24) is 14.9 Å². The molecule has 2 aliphatic rings. The number of hydrogen-bond acceptors (Lipinski definition) is 5. The Bertz CT molecular complexity index is 1170. The number of aromatic carboxylic acids is 1. The van der Waals surface area contributed by atoms with Gasteiger partial charge in [-0.15, -0.1) is 0 Å². The normalized spacial score (nSPS) is 24.9. The fourth-order valence-corrected chi connectivity index (χ4v) is 6.05. The molecule has 2 fully saturated rings. The average molecular weight is 450 g/mol. The number of carbonyl (C=O) groups is 1. The summed E-state index contributed by atoms with van der Waals surface area (Å²) in [5, 5.41) is 10.5. The lowest BCUT2D eigenvalue weighted by Gasteiger charge is -2.47. The van der Waals surface area contributed by atoms with Gasteiger partial charge >= 0.3 is 5.97 Å². The van der Waals surface area contributed by atoms with Gasteiger partial charge in [-0.25, -0.2) is 4.79 Å². The molecule has 2 saturated heterocycles. The number of aromatic amines is 1. The van der Waals surface area contributed by atoms with Gasteiger partial charge < -0.3 is 19.6 Å². The topological polar surface area (TPSA) is 87.7 Å². The molecule has 33 heavy (non-hydrogen) atoms. The van der Waals surface area contributed by atoms with Crippen LogP contribution in [0.1, 0.15) is 59.8 Å². The van der Waals surface area contributed by atoms with Crippen LogP contribution in [0.5, 0.6) is 5.75 Å². The molecule has 174 valence electrons. The molecule has 3 aromatic rings. The highest BCUT2D eigenvalue weighted by Gasteiger charge is 2.53. The number of ether oxygens (including phenoxy) is 2. The maximum atomic E-state index is 11.4. The lowest BCUT2D eigenvalue weighted by atomic mass is 9.82. The van der Waals surface area contributed by atoms with Gasteiger partial charge in [0.25, 0.3) is 0 Å². The molecule has 7 nitrogen and oxygen atoms in total. The van der Waals surface area contributed by atoms with Crippen molar-refractivity contribution in [3.05, 3.63) is 59.0 Å². The van der Waals surface area contributed by atoms with E-state index in [-0.39, 0.29) is 17.2 Å². The maximum absolute atomic E-state index is 11.4. The molecule has 7 heteroatoms. The first kappa shape index (κ1) is 21.9. The Morgan fingerprint density at radius 1 is 1.36 bits per heavy atom. The third kappa shape index (κ3) is 3.60. The molecular formula is C26H31N3O4. The molecule has 4 heterocycles. The summed E-state index contributed by atoms with van der Waals surface area (Å²) in [5.41, 5.74) is 4.32. The lowest BCUT2D eigenvalue weighted by Crippen LogP contribution is -2.52. The molecule has 0 radical (unpaired) electrons. The van der Waals surface area contributed by atoms with E-state index in [1.165, 1.54) is 17.1 Å². The van der Waals surface area contributed by atoms with E-state index in [9.17, 15) is 9.90 Å². The van der Waals surface area contributed by atoms with Gasteiger partial charge in [0.15, 0.2) is 0 Å². The van der Waals surface area contributed by atoms with Gasteiger partial charge in [0.1, 0.15) is 5.75 Å². The fourth-order valence-electron chi connectivity index (χ4n) is 6.05. The van der Waals surface area contributed by atoms with Crippen molar-refractivity contribution in [2.24, 2.45) is 0 Å². The molecule has 1 aromatic carbocycles. The van der Waals surface area contributed by atoms with Crippen molar-refractivity contribution in [2.75, 3.05) is 13.7 Å². The predicted octanol–water partition coefficient (Wildman–Crippen LogP) is 4.64. The Balaban J connectivity index is 1.59. The number of hydrogen-bond donors (Lipinski definition) is 2. The number of rotatable bonds is 7. The van der Waals surface area contributed by atoms with Gasteiger partial charge in [0, 0.05) is 48.1 Å². The summed E-state index contributed by atoms with van der Waals surface area (Å²) in [4.78, 5) is 22.0. The first-order chi connectivity index (χ1) is 16.0. The molecule has 0 amide bonds. The molecular weight excluding hydrogens is 418 g/mol. The van der Waals surface area contributed by atoms with Crippen molar-refractivity contribution in [1.29, 1.82) is 0 Å². The van der Waals surface area contributed by atoms with Gasteiger partial charge in [-0.1, -0.05) is 0 Å². The molecule has 3 atom stereocenters. The highest BCUT2D eigenvalue weighted by atomic mass is 16.5. The Morgan fingerprint density at radius 3 is 2.91 bits per heavy atom. The summed E-state index contributed by atoms with van der Waals surface area (Å²) in [6.07, 6.45) is 7.53. The number of carboxylic acids is 1. The number of nitrogens with one attached hydrogen (secondary N) is 1. The largest absolute Gasteiger partial charge is 0.496 e. The molecule has 0 spiro atoms. The molecule has 0 saturated carbocycles. The molecule has 2 aromatic heterocycles. The second-order valence-corrected chi connectivity index (χ2v) is 9.25. The molecule has 2 bridgehead atoms. The van der Waals surface area contributed by atoms with Crippen LogP contribution < -0.4 is 4.74 Å². The van der Waals surface area contributed by atoms with Gasteiger partial charge in [-0.2, -0.15) is 0 Å². The minimum Gasteiger partial charge on any atom is -0.496 e. The quantitative estimate of drug-likeness (QED) is 0.547. The van der Waals surface area contributed by atoms with Crippen LogP contribution in [0, 0.1) is 6.92 Å². The Kier molecular flexibility index (Phi) is 5.62. The highest BCUT2D eigenvalue weighted by molar-refractivity contribution is 5.88. The molecule has 5 rings (SSSR count). The number of fused-ring (bicyclic) bond motifs is 3. The van der Waals surface area contributed by atoms with Crippen LogP contribution in [0.25, 0.3) is 10.9 Å². The van der Waals surface area contributed by atoms with E-state index in [1.54, 1.807) is 13.2 Å². The summed E-state index contributed by atoms with van der Waals surface area (Å²) in [7, 11) is 1.73. The van der Waals surface area contributed by atoms with Crippen LogP contribution in [-0.2, 0) is 16.8 Å². The van der Waals surface area contributed by atoms with E-state index >= 15 is 0 Å². The van der Waals surface area contributed by atoms with Crippen LogP contribution in [0.2, 0.25) is 0 Å². The number of nitrogens with zero attached hydrogens (tertiary/aromatic N) is 2. The van der Waals surface area contributed by atoms with Gasteiger partial charge in [0.05, 0.1) is 30.0 Å². The second-order valence-electron chi connectivity index (χ2n) is 9.25. The molecule has 2 aliphatic heterocycles. The van der Waals surface area contributed by atoms with Crippen LogP contribution in [0.4, 0.5) is 0 Å². The molecule has 2 N–H and O–H groups in total. The summed E-state index contributed by atoms with van der Waals surface area (Å²) >= 11 is 0. The smallest absolute Gasteiger partial charge is 0.337 e. The Morgan fingerprint density at radius 2 is 2.21 bits per heavy atom. The third-order valence-corrected chi connectivity index (χ3v) is 7.53. The summed E-state index contributed by atoms with van der Waals surface area (Å²) < 4.78 is 11.9. The number of aryl methyl sites for hydroxylation is 1. The van der Waals surface area contributed by atoms with E-state index < -0.39 is 5.97 Å². The minimum atomic E-state index is -0.956. The first-order valence-corrected chi connectivity index (χ1v) is 11.7. The van der Waals surface area contributed by atoms with Crippen LogP contribution >= 0.6 is 0 Å².